The molecule has 0 N–H and O–H groups in total. The Kier molecular flexibility index (Phi) is 5.17. The van der Waals surface area contributed by atoms with Gasteiger partial charge in [0.1, 0.15) is 0 Å². The van der Waals surface area contributed by atoms with Crippen LogP contribution in [0, 0.1) is 0 Å². The van der Waals surface area contributed by atoms with Crippen molar-refractivity contribution in [1.82, 2.24) is 4.57 Å². The summed E-state index contributed by atoms with van der Waals surface area (Å²) < 4.78 is 2.44. The number of anilines is 3. The van der Waals surface area contributed by atoms with Crippen LogP contribution < -0.4 is 4.90 Å². The monoisotopic (exact) mass is 510 g/mol. The van der Waals surface area contributed by atoms with Crippen molar-refractivity contribution in [3.63, 3.8) is 0 Å². The Bertz CT molecular complexity index is 2120. The van der Waals surface area contributed by atoms with Crippen LogP contribution in [0.5, 0.6) is 0 Å². The second-order valence-corrected chi connectivity index (χ2v) is 10.2. The zero-order chi connectivity index (χ0) is 26.5. The summed E-state index contributed by atoms with van der Waals surface area (Å²) in [5, 5.41) is 7.43. The molecule has 0 saturated heterocycles. The van der Waals surface area contributed by atoms with E-state index in [0.717, 1.165) is 11.4 Å². The maximum atomic E-state index is 2.44. The first-order chi connectivity index (χ1) is 19.9. The van der Waals surface area contributed by atoms with Crippen molar-refractivity contribution in [2.45, 2.75) is 0 Å². The molecule has 0 radical (unpaired) electrons. The number of hydrogen-bond donors (Lipinski definition) is 0. The van der Waals surface area contributed by atoms with Crippen molar-refractivity contribution < 1.29 is 0 Å². The first kappa shape index (κ1) is 22.6. The molecule has 0 amide bonds. The summed E-state index contributed by atoms with van der Waals surface area (Å²) in [6.45, 7) is 0. The fraction of sp³-hybridized carbons (Fsp3) is 0. The van der Waals surface area contributed by atoms with Crippen molar-refractivity contribution in [3.05, 3.63) is 158 Å². The van der Waals surface area contributed by atoms with Crippen molar-refractivity contribution in [3.8, 4) is 5.69 Å². The second-order valence-electron chi connectivity index (χ2n) is 10.2. The summed E-state index contributed by atoms with van der Waals surface area (Å²) in [5.74, 6) is 0. The summed E-state index contributed by atoms with van der Waals surface area (Å²) in [5.41, 5.74) is 7.05. The standard InChI is InChI=1S/C38H26N2/c1-3-15-29(16-4-1)39(30-17-5-2-6-18-30)37-26-35-33-20-11-12-22-36(33)40(38(35)34-21-10-9-19-32(34)37)31-24-23-27-13-7-8-14-28(27)25-31/h1-26H. The molecule has 40 heavy (non-hydrogen) atoms. The average Bonchev–Trinajstić information content (AvgIpc) is 3.37. The van der Waals surface area contributed by atoms with Crippen LogP contribution >= 0.6 is 0 Å². The maximum Gasteiger partial charge on any atom is 0.0621 e. The molecule has 0 aliphatic carbocycles. The lowest BCUT2D eigenvalue weighted by atomic mass is 10.0. The Labute approximate surface area is 233 Å². The van der Waals surface area contributed by atoms with Crippen molar-refractivity contribution in [1.29, 1.82) is 0 Å². The minimum atomic E-state index is 1.14. The molecule has 8 rings (SSSR count). The number of hydrogen-bond acceptors (Lipinski definition) is 1. The van der Waals surface area contributed by atoms with Crippen LogP contribution in [-0.4, -0.2) is 4.57 Å². The summed E-state index contributed by atoms with van der Waals surface area (Å²) in [6.07, 6.45) is 0. The van der Waals surface area contributed by atoms with Gasteiger partial charge in [0.25, 0.3) is 0 Å². The van der Waals surface area contributed by atoms with E-state index in [4.69, 9.17) is 0 Å². The highest BCUT2D eigenvalue weighted by atomic mass is 15.1. The zero-order valence-corrected chi connectivity index (χ0v) is 21.9. The summed E-state index contributed by atoms with van der Waals surface area (Å²) in [7, 11) is 0. The van der Waals surface area contributed by atoms with E-state index in [2.05, 4.69) is 167 Å². The van der Waals surface area contributed by atoms with Crippen LogP contribution in [0.4, 0.5) is 17.1 Å². The number of aromatic nitrogens is 1. The van der Waals surface area contributed by atoms with E-state index < -0.39 is 0 Å². The quantitative estimate of drug-likeness (QED) is 0.229. The molecule has 8 aromatic rings. The number of nitrogens with zero attached hydrogens (tertiary/aromatic N) is 2. The van der Waals surface area contributed by atoms with Gasteiger partial charge in [-0.15, -0.1) is 0 Å². The lowest BCUT2D eigenvalue weighted by Crippen LogP contribution is -2.10. The first-order valence-corrected chi connectivity index (χ1v) is 13.7. The van der Waals surface area contributed by atoms with Gasteiger partial charge in [-0.2, -0.15) is 0 Å². The fourth-order valence-corrected chi connectivity index (χ4v) is 6.15. The van der Waals surface area contributed by atoms with Gasteiger partial charge < -0.3 is 9.47 Å². The van der Waals surface area contributed by atoms with Crippen molar-refractivity contribution in [2.75, 3.05) is 4.90 Å². The summed E-state index contributed by atoms with van der Waals surface area (Å²) in [6, 6.07) is 56.7. The normalized spacial score (nSPS) is 11.5. The molecule has 0 aliphatic heterocycles. The Morgan fingerprint density at radius 2 is 0.975 bits per heavy atom. The highest BCUT2D eigenvalue weighted by molar-refractivity contribution is 6.22. The van der Waals surface area contributed by atoms with Gasteiger partial charge in [0.15, 0.2) is 0 Å². The highest BCUT2D eigenvalue weighted by Crippen LogP contribution is 2.45. The van der Waals surface area contributed by atoms with E-state index in [1.165, 1.54) is 54.7 Å². The highest BCUT2D eigenvalue weighted by Gasteiger charge is 2.21. The van der Waals surface area contributed by atoms with Crippen LogP contribution in [0.3, 0.4) is 0 Å². The van der Waals surface area contributed by atoms with Crippen molar-refractivity contribution in [2.24, 2.45) is 0 Å². The lowest BCUT2D eigenvalue weighted by Gasteiger charge is -2.27. The largest absolute Gasteiger partial charge is 0.310 e. The number of rotatable bonds is 4. The molecule has 188 valence electrons. The van der Waals surface area contributed by atoms with Gasteiger partial charge >= 0.3 is 0 Å². The van der Waals surface area contributed by atoms with E-state index in [0.29, 0.717) is 0 Å². The molecule has 0 aliphatic rings. The third-order valence-electron chi connectivity index (χ3n) is 7.91. The fourth-order valence-electron chi connectivity index (χ4n) is 6.15. The Morgan fingerprint density at radius 3 is 1.70 bits per heavy atom. The number of fused-ring (bicyclic) bond motifs is 6. The van der Waals surface area contributed by atoms with Gasteiger partial charge in [-0.3, -0.25) is 0 Å². The lowest BCUT2D eigenvalue weighted by molar-refractivity contribution is 1.19. The zero-order valence-electron chi connectivity index (χ0n) is 21.9. The molecule has 0 bridgehead atoms. The molecule has 1 aromatic heterocycles. The van der Waals surface area contributed by atoms with E-state index >= 15 is 0 Å². The Morgan fingerprint density at radius 1 is 0.400 bits per heavy atom. The molecule has 2 nitrogen and oxygen atoms in total. The van der Waals surface area contributed by atoms with Gasteiger partial charge in [-0.05, 0) is 59.3 Å². The van der Waals surface area contributed by atoms with E-state index in [9.17, 15) is 0 Å². The third-order valence-corrected chi connectivity index (χ3v) is 7.91. The van der Waals surface area contributed by atoms with Crippen LogP contribution in [-0.2, 0) is 0 Å². The van der Waals surface area contributed by atoms with Gasteiger partial charge in [0.05, 0.1) is 16.7 Å². The first-order valence-electron chi connectivity index (χ1n) is 13.7. The second kappa shape index (κ2) is 9.14. The van der Waals surface area contributed by atoms with Gasteiger partial charge in [0.2, 0.25) is 0 Å². The Hall–Kier alpha value is -5.34. The minimum Gasteiger partial charge on any atom is -0.310 e. The number of para-hydroxylation sites is 3. The Balaban J connectivity index is 1.51. The van der Waals surface area contributed by atoms with Crippen LogP contribution in [0.1, 0.15) is 0 Å². The van der Waals surface area contributed by atoms with Gasteiger partial charge in [-0.1, -0.05) is 109 Å². The average molecular weight is 511 g/mol. The maximum absolute atomic E-state index is 2.44. The van der Waals surface area contributed by atoms with Gasteiger partial charge in [0, 0.05) is 38.6 Å². The topological polar surface area (TPSA) is 8.17 Å². The molecule has 0 spiro atoms. The third kappa shape index (κ3) is 3.50. The molecule has 1 heterocycles. The van der Waals surface area contributed by atoms with Crippen molar-refractivity contribution >= 4 is 60.4 Å². The van der Waals surface area contributed by atoms with E-state index in [1.807, 2.05) is 0 Å². The molecule has 7 aromatic carbocycles. The molecule has 0 saturated carbocycles. The van der Waals surface area contributed by atoms with E-state index in [1.54, 1.807) is 0 Å². The predicted molar refractivity (Wildman–Crippen MR) is 170 cm³/mol. The van der Waals surface area contributed by atoms with E-state index in [-0.39, 0.29) is 0 Å². The molecule has 0 fully saturated rings. The SMILES string of the molecule is c1ccc(N(c2ccccc2)c2cc3c4ccccc4n(-c4ccc5ccccc5c4)c3c3ccccc23)cc1. The molecule has 0 atom stereocenters. The van der Waals surface area contributed by atoms with Crippen LogP contribution in [0.15, 0.2) is 158 Å². The number of benzene rings is 7. The molecular formula is C38H26N2. The predicted octanol–water partition coefficient (Wildman–Crippen LogP) is 10.6. The van der Waals surface area contributed by atoms with Gasteiger partial charge in [-0.25, -0.2) is 0 Å². The molecule has 2 heteroatoms. The molecule has 0 unspecified atom stereocenters. The van der Waals surface area contributed by atoms with Crippen LogP contribution in [0.2, 0.25) is 0 Å². The minimum absolute atomic E-state index is 1.14. The summed E-state index contributed by atoms with van der Waals surface area (Å²) >= 11 is 0. The van der Waals surface area contributed by atoms with Crippen LogP contribution in [0.25, 0.3) is 49.0 Å². The summed E-state index contributed by atoms with van der Waals surface area (Å²) in [4.78, 5) is 2.38. The smallest absolute Gasteiger partial charge is 0.0621 e. The molecular weight excluding hydrogens is 484 g/mol.